The Morgan fingerprint density at radius 3 is 1.48 bits per heavy atom. The largest absolute Gasteiger partial charge is 0.235 e. The molecule has 0 unspecified atom stereocenters. The van der Waals surface area contributed by atoms with E-state index in [0.717, 1.165) is 5.56 Å². The summed E-state index contributed by atoms with van der Waals surface area (Å²) in [7, 11) is 0. The molecule has 2 heteroatoms. The SMILES string of the molecule is Cc1cc(C)c(B(/C=C/c2ccc(C#N)cc2)c2c(C)cc(C)cc2C)c(C)c1. The number of nitriles is 1. The Morgan fingerprint density at radius 1 is 0.690 bits per heavy atom. The summed E-state index contributed by atoms with van der Waals surface area (Å²) in [5.74, 6) is 2.32. The lowest BCUT2D eigenvalue weighted by atomic mass is 9.37. The van der Waals surface area contributed by atoms with Gasteiger partial charge in [0.2, 0.25) is 6.71 Å². The first kappa shape index (κ1) is 20.7. The van der Waals surface area contributed by atoms with Gasteiger partial charge in [-0.05, 0) is 59.2 Å². The van der Waals surface area contributed by atoms with E-state index in [0.29, 0.717) is 5.56 Å². The zero-order valence-electron chi connectivity index (χ0n) is 18.3. The smallest absolute Gasteiger partial charge is 0.192 e. The molecule has 0 fully saturated rings. The van der Waals surface area contributed by atoms with Crippen molar-refractivity contribution in [3.63, 3.8) is 0 Å². The highest BCUT2D eigenvalue weighted by Gasteiger charge is 2.24. The fourth-order valence-corrected chi connectivity index (χ4v) is 4.58. The Morgan fingerprint density at radius 2 is 1.10 bits per heavy atom. The highest BCUT2D eigenvalue weighted by atomic mass is 14.2. The zero-order valence-corrected chi connectivity index (χ0v) is 18.3. The molecule has 0 saturated heterocycles. The molecule has 0 spiro atoms. The standard InChI is InChI=1S/C27H28BN/c1-18-13-20(3)26(21(4)14-18)28(27-22(5)15-19(2)16-23(27)6)12-11-24-7-9-25(17-29)10-8-24/h7-16H,1-6H3/b12-11+. The third-order valence-electron chi connectivity index (χ3n) is 5.62. The minimum Gasteiger partial charge on any atom is -0.192 e. The van der Waals surface area contributed by atoms with Gasteiger partial charge in [0.15, 0.2) is 0 Å². The van der Waals surface area contributed by atoms with Crippen molar-refractivity contribution in [1.82, 2.24) is 0 Å². The van der Waals surface area contributed by atoms with Crippen molar-refractivity contribution < 1.29 is 0 Å². The summed E-state index contributed by atoms with van der Waals surface area (Å²) in [6, 6.07) is 19.1. The first-order valence-corrected chi connectivity index (χ1v) is 10.1. The third-order valence-corrected chi connectivity index (χ3v) is 5.62. The molecule has 0 bridgehead atoms. The zero-order chi connectivity index (χ0) is 21.1. The fourth-order valence-electron chi connectivity index (χ4n) is 4.58. The Kier molecular flexibility index (Phi) is 6.09. The topological polar surface area (TPSA) is 23.8 Å². The lowest BCUT2D eigenvalue weighted by molar-refractivity contribution is 1.34. The molecule has 0 aromatic heterocycles. The van der Waals surface area contributed by atoms with Crippen LogP contribution in [0.5, 0.6) is 0 Å². The predicted molar refractivity (Wildman–Crippen MR) is 127 cm³/mol. The summed E-state index contributed by atoms with van der Waals surface area (Å²) in [4.78, 5) is 0. The molecular formula is C27H28BN. The van der Waals surface area contributed by atoms with E-state index in [2.05, 4.69) is 83.9 Å². The maximum Gasteiger partial charge on any atom is 0.235 e. The monoisotopic (exact) mass is 377 g/mol. The molecule has 29 heavy (non-hydrogen) atoms. The van der Waals surface area contributed by atoms with E-state index in [1.54, 1.807) is 0 Å². The maximum absolute atomic E-state index is 9.04. The molecule has 0 N–H and O–H groups in total. The van der Waals surface area contributed by atoms with Crippen LogP contribution in [0.2, 0.25) is 0 Å². The average Bonchev–Trinajstić information content (AvgIpc) is 2.64. The highest BCUT2D eigenvalue weighted by Crippen LogP contribution is 2.14. The molecule has 3 aromatic carbocycles. The Labute approximate surface area is 175 Å². The number of aryl methyl sites for hydroxylation is 6. The predicted octanol–water partition coefficient (Wildman–Crippen LogP) is 5.27. The quantitative estimate of drug-likeness (QED) is 0.568. The molecule has 0 aliphatic rings. The first-order valence-electron chi connectivity index (χ1n) is 10.1. The molecule has 3 rings (SSSR count). The van der Waals surface area contributed by atoms with Crippen LogP contribution in [0.4, 0.5) is 0 Å². The van der Waals surface area contributed by atoms with Gasteiger partial charge in [-0.1, -0.05) is 86.8 Å². The van der Waals surface area contributed by atoms with Gasteiger partial charge in [0.05, 0.1) is 11.6 Å². The molecular weight excluding hydrogens is 349 g/mol. The second-order valence-corrected chi connectivity index (χ2v) is 8.20. The molecule has 3 aromatic rings. The van der Waals surface area contributed by atoms with E-state index in [1.807, 2.05) is 24.3 Å². The second-order valence-electron chi connectivity index (χ2n) is 8.20. The summed E-state index contributed by atoms with van der Waals surface area (Å²) in [5, 5.41) is 9.04. The van der Waals surface area contributed by atoms with Gasteiger partial charge >= 0.3 is 0 Å². The van der Waals surface area contributed by atoms with Gasteiger partial charge in [0, 0.05) is 0 Å². The van der Waals surface area contributed by atoms with Gasteiger partial charge in [0.25, 0.3) is 0 Å². The molecule has 0 radical (unpaired) electrons. The third kappa shape index (κ3) is 4.52. The summed E-state index contributed by atoms with van der Waals surface area (Å²) in [6.45, 7) is 13.4. The number of hydrogen-bond donors (Lipinski definition) is 0. The van der Waals surface area contributed by atoms with Crippen molar-refractivity contribution in [3.8, 4) is 6.07 Å². The van der Waals surface area contributed by atoms with Crippen LogP contribution in [-0.2, 0) is 0 Å². The van der Waals surface area contributed by atoms with Gasteiger partial charge < -0.3 is 0 Å². The number of nitrogens with zero attached hydrogens (tertiary/aromatic N) is 1. The highest BCUT2D eigenvalue weighted by molar-refractivity contribution is 6.90. The fraction of sp³-hybridized carbons (Fsp3) is 0.222. The van der Waals surface area contributed by atoms with Gasteiger partial charge in [-0.2, -0.15) is 5.26 Å². The molecule has 0 amide bonds. The van der Waals surface area contributed by atoms with E-state index in [-0.39, 0.29) is 6.71 Å². The minimum atomic E-state index is 0.187. The van der Waals surface area contributed by atoms with Crippen LogP contribution in [0.1, 0.15) is 44.5 Å². The lowest BCUT2D eigenvalue weighted by Gasteiger charge is -2.22. The maximum atomic E-state index is 9.04. The van der Waals surface area contributed by atoms with E-state index in [9.17, 15) is 0 Å². The van der Waals surface area contributed by atoms with E-state index >= 15 is 0 Å². The van der Waals surface area contributed by atoms with Gasteiger partial charge in [-0.3, -0.25) is 0 Å². The molecule has 0 aliphatic heterocycles. The molecule has 144 valence electrons. The van der Waals surface area contributed by atoms with Gasteiger partial charge in [-0.15, -0.1) is 5.98 Å². The molecule has 0 saturated carbocycles. The van der Waals surface area contributed by atoms with Crippen molar-refractivity contribution in [2.24, 2.45) is 0 Å². The van der Waals surface area contributed by atoms with Crippen molar-refractivity contribution >= 4 is 23.7 Å². The van der Waals surface area contributed by atoms with Crippen LogP contribution in [-0.4, -0.2) is 6.71 Å². The van der Waals surface area contributed by atoms with Crippen LogP contribution < -0.4 is 10.9 Å². The Balaban J connectivity index is 2.17. The molecule has 1 nitrogen and oxygen atoms in total. The second kappa shape index (κ2) is 8.54. The number of hydrogen-bond acceptors (Lipinski definition) is 1. The lowest BCUT2D eigenvalue weighted by Crippen LogP contribution is -2.46. The van der Waals surface area contributed by atoms with E-state index in [1.165, 1.54) is 44.3 Å². The van der Waals surface area contributed by atoms with Gasteiger partial charge in [-0.25, -0.2) is 0 Å². The summed E-state index contributed by atoms with van der Waals surface area (Å²) in [6.07, 6.45) is 2.18. The first-order chi connectivity index (χ1) is 13.8. The number of benzene rings is 3. The summed E-state index contributed by atoms with van der Waals surface area (Å²) in [5.41, 5.74) is 12.5. The van der Waals surface area contributed by atoms with Crippen molar-refractivity contribution in [1.29, 1.82) is 5.26 Å². The normalized spacial score (nSPS) is 10.9. The van der Waals surface area contributed by atoms with Crippen LogP contribution in [0.25, 0.3) is 6.08 Å². The Hall–Kier alpha value is -3.05. The van der Waals surface area contributed by atoms with Gasteiger partial charge in [0.1, 0.15) is 0 Å². The summed E-state index contributed by atoms with van der Waals surface area (Å²) < 4.78 is 0. The average molecular weight is 377 g/mol. The Bertz CT molecular complexity index is 1010. The number of rotatable bonds is 4. The van der Waals surface area contributed by atoms with E-state index < -0.39 is 0 Å². The van der Waals surface area contributed by atoms with E-state index in [4.69, 9.17) is 5.26 Å². The van der Waals surface area contributed by atoms with Crippen LogP contribution in [0.3, 0.4) is 0 Å². The van der Waals surface area contributed by atoms with Crippen LogP contribution in [0, 0.1) is 52.9 Å². The van der Waals surface area contributed by atoms with Crippen molar-refractivity contribution in [2.75, 3.05) is 0 Å². The molecule has 0 atom stereocenters. The molecule has 0 heterocycles. The van der Waals surface area contributed by atoms with Crippen molar-refractivity contribution in [2.45, 2.75) is 41.5 Å². The van der Waals surface area contributed by atoms with Crippen LogP contribution >= 0.6 is 0 Å². The van der Waals surface area contributed by atoms with Crippen molar-refractivity contribution in [3.05, 3.63) is 99.0 Å². The summed E-state index contributed by atoms with van der Waals surface area (Å²) >= 11 is 0. The molecule has 0 aliphatic carbocycles. The minimum absolute atomic E-state index is 0.187. The van der Waals surface area contributed by atoms with Crippen LogP contribution in [0.15, 0.2) is 54.5 Å².